The second kappa shape index (κ2) is 11.1. The van der Waals surface area contributed by atoms with Crippen LogP contribution >= 0.6 is 11.3 Å². The van der Waals surface area contributed by atoms with Crippen molar-refractivity contribution in [2.24, 2.45) is 5.92 Å². The van der Waals surface area contributed by atoms with E-state index < -0.39 is 17.6 Å². The molecule has 0 unspecified atom stereocenters. The molecule has 7 nitrogen and oxygen atoms in total. The maximum Gasteiger partial charge on any atom is 0.410 e. The standard InChI is InChI=1S/C25H35N3O4S/c1-17(21(31-5)20-12-9-14-28(20)24(30)32-25(2,3)4)22(29)27-19(23-26-13-15-33-23)16-18-10-7-6-8-11-18/h6-8,10-11,13,15,17,19-21H,9,12,14,16H2,1-5H3,(H,27,29)/t17-,19-,20+,21-/m1/s1. The molecular weight excluding hydrogens is 438 g/mol. The number of carbonyl (C=O) groups is 2. The van der Waals surface area contributed by atoms with Crippen LogP contribution in [0.5, 0.6) is 0 Å². The second-order valence-corrected chi connectivity index (χ2v) is 10.4. The summed E-state index contributed by atoms with van der Waals surface area (Å²) in [5, 5.41) is 5.96. The number of nitrogens with one attached hydrogen (secondary N) is 1. The lowest BCUT2D eigenvalue weighted by Gasteiger charge is -2.35. The molecule has 3 rings (SSSR count). The zero-order valence-corrected chi connectivity index (χ0v) is 20.9. The number of thiazole rings is 1. The summed E-state index contributed by atoms with van der Waals surface area (Å²) in [5.74, 6) is -0.574. The largest absolute Gasteiger partial charge is 0.444 e. The molecule has 8 heteroatoms. The molecule has 1 aromatic heterocycles. The van der Waals surface area contributed by atoms with Crippen LogP contribution in [0, 0.1) is 5.92 Å². The van der Waals surface area contributed by atoms with Crippen molar-refractivity contribution >= 4 is 23.3 Å². The van der Waals surface area contributed by atoms with Crippen molar-refractivity contribution in [1.82, 2.24) is 15.2 Å². The monoisotopic (exact) mass is 473 g/mol. The van der Waals surface area contributed by atoms with E-state index in [4.69, 9.17) is 9.47 Å². The van der Waals surface area contributed by atoms with E-state index in [1.165, 1.54) is 11.3 Å². The molecule has 1 N–H and O–H groups in total. The molecule has 0 radical (unpaired) electrons. The number of carbonyl (C=O) groups excluding carboxylic acids is 2. The smallest absolute Gasteiger partial charge is 0.410 e. The van der Waals surface area contributed by atoms with Crippen LogP contribution in [0.15, 0.2) is 41.9 Å². The Morgan fingerprint density at radius 3 is 2.61 bits per heavy atom. The van der Waals surface area contributed by atoms with Gasteiger partial charge in [-0.2, -0.15) is 0 Å². The quantitative estimate of drug-likeness (QED) is 0.606. The third kappa shape index (κ3) is 6.77. The average molecular weight is 474 g/mol. The topological polar surface area (TPSA) is 80.8 Å². The van der Waals surface area contributed by atoms with E-state index in [1.54, 1.807) is 18.2 Å². The summed E-state index contributed by atoms with van der Waals surface area (Å²) >= 11 is 1.53. The summed E-state index contributed by atoms with van der Waals surface area (Å²) in [5.41, 5.74) is 0.551. The van der Waals surface area contributed by atoms with Crippen LogP contribution in [0.1, 0.15) is 57.1 Å². The number of benzene rings is 1. The van der Waals surface area contributed by atoms with Gasteiger partial charge >= 0.3 is 6.09 Å². The molecule has 0 saturated carbocycles. The van der Waals surface area contributed by atoms with E-state index >= 15 is 0 Å². The third-order valence-corrected chi connectivity index (χ3v) is 6.72. The van der Waals surface area contributed by atoms with Crippen molar-refractivity contribution in [2.45, 2.75) is 70.7 Å². The first-order valence-electron chi connectivity index (χ1n) is 11.5. The lowest BCUT2D eigenvalue weighted by molar-refractivity contribution is -0.131. The van der Waals surface area contributed by atoms with Crippen LogP contribution in [0.3, 0.4) is 0 Å². The molecule has 1 aliphatic heterocycles. The first-order chi connectivity index (χ1) is 15.7. The Balaban J connectivity index is 1.72. The Bertz CT molecular complexity index is 898. The molecule has 0 bridgehead atoms. The number of hydrogen-bond donors (Lipinski definition) is 1. The van der Waals surface area contributed by atoms with Crippen molar-refractivity contribution in [3.05, 3.63) is 52.5 Å². The Kier molecular flexibility index (Phi) is 8.48. The highest BCUT2D eigenvalue weighted by Gasteiger charge is 2.41. The van der Waals surface area contributed by atoms with Crippen molar-refractivity contribution in [2.75, 3.05) is 13.7 Å². The van der Waals surface area contributed by atoms with Gasteiger partial charge in [-0.1, -0.05) is 37.3 Å². The van der Waals surface area contributed by atoms with Crippen LogP contribution in [-0.4, -0.2) is 53.3 Å². The van der Waals surface area contributed by atoms with E-state index in [0.717, 1.165) is 23.4 Å². The highest BCUT2D eigenvalue weighted by atomic mass is 32.1. The first-order valence-corrected chi connectivity index (χ1v) is 12.3. The van der Waals surface area contributed by atoms with Gasteiger partial charge in [0.15, 0.2) is 0 Å². The molecule has 2 heterocycles. The molecule has 2 aromatic rings. The maximum atomic E-state index is 13.4. The Morgan fingerprint density at radius 1 is 1.27 bits per heavy atom. The van der Waals surface area contributed by atoms with Gasteiger partial charge in [0.25, 0.3) is 0 Å². The zero-order chi connectivity index (χ0) is 24.0. The van der Waals surface area contributed by atoms with Gasteiger partial charge in [-0.15, -0.1) is 11.3 Å². The van der Waals surface area contributed by atoms with Crippen molar-refractivity contribution in [1.29, 1.82) is 0 Å². The van der Waals surface area contributed by atoms with Gasteiger partial charge in [0, 0.05) is 25.2 Å². The number of aromatic nitrogens is 1. The van der Waals surface area contributed by atoms with E-state index in [2.05, 4.69) is 10.3 Å². The zero-order valence-electron chi connectivity index (χ0n) is 20.1. The summed E-state index contributed by atoms with van der Waals surface area (Å²) < 4.78 is 11.4. The highest BCUT2D eigenvalue weighted by Crippen LogP contribution is 2.29. The van der Waals surface area contributed by atoms with Crippen LogP contribution in [0.25, 0.3) is 0 Å². The Labute approximate surface area is 200 Å². The number of rotatable bonds is 8. The number of likely N-dealkylation sites (tertiary alicyclic amines) is 1. The van der Waals surface area contributed by atoms with Crippen LogP contribution < -0.4 is 5.32 Å². The fourth-order valence-corrected chi connectivity index (χ4v) is 4.97. The van der Waals surface area contributed by atoms with E-state index in [9.17, 15) is 9.59 Å². The fraction of sp³-hybridized carbons (Fsp3) is 0.560. The van der Waals surface area contributed by atoms with Gasteiger partial charge in [0.05, 0.1) is 24.1 Å². The highest BCUT2D eigenvalue weighted by molar-refractivity contribution is 7.09. The van der Waals surface area contributed by atoms with Gasteiger partial charge in [-0.3, -0.25) is 4.79 Å². The van der Waals surface area contributed by atoms with Crippen molar-refractivity contribution < 1.29 is 19.1 Å². The number of hydrogen-bond acceptors (Lipinski definition) is 6. The maximum absolute atomic E-state index is 13.4. The summed E-state index contributed by atoms with van der Waals surface area (Å²) in [7, 11) is 1.60. The number of nitrogens with zero attached hydrogens (tertiary/aromatic N) is 2. The minimum atomic E-state index is -0.575. The Morgan fingerprint density at radius 2 is 2.00 bits per heavy atom. The predicted molar refractivity (Wildman–Crippen MR) is 129 cm³/mol. The number of methoxy groups -OCH3 is 1. The molecule has 0 aliphatic carbocycles. The SMILES string of the molecule is CO[C@H]([C@@H](C)C(=O)N[C@H](Cc1ccccc1)c1nccs1)[C@@H]1CCCN1C(=O)OC(C)(C)C. The molecule has 1 saturated heterocycles. The lowest BCUT2D eigenvalue weighted by atomic mass is 9.94. The molecule has 0 spiro atoms. The molecular formula is C25H35N3O4S. The Hall–Kier alpha value is -2.45. The molecule has 4 atom stereocenters. The first kappa shape index (κ1) is 25.2. The van der Waals surface area contributed by atoms with Gasteiger partial charge in [0.1, 0.15) is 10.6 Å². The predicted octanol–water partition coefficient (Wildman–Crippen LogP) is 4.59. The molecule has 1 aliphatic rings. The van der Waals surface area contributed by atoms with Gasteiger partial charge in [-0.05, 0) is 45.6 Å². The minimum Gasteiger partial charge on any atom is -0.444 e. The number of ether oxygens (including phenoxy) is 2. The average Bonchev–Trinajstić information content (AvgIpc) is 3.46. The molecule has 180 valence electrons. The van der Waals surface area contributed by atoms with E-state index in [0.29, 0.717) is 13.0 Å². The van der Waals surface area contributed by atoms with Crippen molar-refractivity contribution in [3.63, 3.8) is 0 Å². The van der Waals surface area contributed by atoms with E-state index in [1.807, 2.05) is 63.4 Å². The molecule has 2 amide bonds. The molecule has 1 fully saturated rings. The van der Waals surface area contributed by atoms with Gasteiger partial charge in [0.2, 0.25) is 5.91 Å². The van der Waals surface area contributed by atoms with Crippen LogP contribution in [-0.2, 0) is 20.7 Å². The number of amides is 2. The summed E-state index contributed by atoms with van der Waals surface area (Å²) in [4.78, 5) is 32.3. The molecule has 1 aromatic carbocycles. The normalized spacial score (nSPS) is 19.1. The molecule has 33 heavy (non-hydrogen) atoms. The summed E-state index contributed by atoms with van der Waals surface area (Å²) in [6.07, 6.45) is 3.24. The lowest BCUT2D eigenvalue weighted by Crippen LogP contribution is -2.51. The summed E-state index contributed by atoms with van der Waals surface area (Å²) in [6.45, 7) is 8.02. The van der Waals surface area contributed by atoms with E-state index in [-0.39, 0.29) is 24.1 Å². The summed E-state index contributed by atoms with van der Waals surface area (Å²) in [6, 6.07) is 9.61. The van der Waals surface area contributed by atoms with Gasteiger partial charge in [-0.25, -0.2) is 9.78 Å². The second-order valence-electron chi connectivity index (χ2n) is 9.49. The van der Waals surface area contributed by atoms with Crippen LogP contribution in [0.4, 0.5) is 4.79 Å². The van der Waals surface area contributed by atoms with Crippen LogP contribution in [0.2, 0.25) is 0 Å². The van der Waals surface area contributed by atoms with Gasteiger partial charge < -0.3 is 19.7 Å². The third-order valence-electron chi connectivity index (χ3n) is 5.83. The van der Waals surface area contributed by atoms with Crippen molar-refractivity contribution in [3.8, 4) is 0 Å². The minimum absolute atomic E-state index is 0.117. The fourth-order valence-electron chi connectivity index (χ4n) is 4.28.